The molecule has 0 unspecified atom stereocenters. The molecular formula is C22H12S6. The normalized spacial score (nSPS) is 19.4. The van der Waals surface area contributed by atoms with Gasteiger partial charge in [0.05, 0.1) is 9.75 Å². The second kappa shape index (κ2) is 5.90. The third-order valence-electron chi connectivity index (χ3n) is 5.39. The predicted octanol–water partition coefficient (Wildman–Crippen LogP) is 8.59. The topological polar surface area (TPSA) is 0 Å². The fourth-order valence-corrected chi connectivity index (χ4v) is 14.1. The summed E-state index contributed by atoms with van der Waals surface area (Å²) in [6, 6.07) is 22.7. The molecule has 0 amide bonds. The van der Waals surface area contributed by atoms with E-state index in [0.717, 1.165) is 0 Å². The van der Waals surface area contributed by atoms with Crippen LogP contribution in [0.1, 0.15) is 11.1 Å². The summed E-state index contributed by atoms with van der Waals surface area (Å²) in [4.78, 5) is 8.61. The third kappa shape index (κ3) is 1.99. The van der Waals surface area contributed by atoms with Gasteiger partial charge in [0.15, 0.2) is 0 Å². The Bertz CT molecular complexity index is 1100. The molecular weight excluding hydrogens is 457 g/mol. The van der Waals surface area contributed by atoms with Crippen LogP contribution in [0.2, 0.25) is 0 Å². The predicted molar refractivity (Wildman–Crippen MR) is 127 cm³/mol. The Kier molecular flexibility index (Phi) is 3.58. The molecule has 0 atom stereocenters. The summed E-state index contributed by atoms with van der Waals surface area (Å²) in [5.41, 5.74) is 3.01. The van der Waals surface area contributed by atoms with Crippen LogP contribution in [0, 0.1) is 0 Å². The van der Waals surface area contributed by atoms with Crippen LogP contribution in [0.3, 0.4) is 0 Å². The molecule has 28 heavy (non-hydrogen) atoms. The van der Waals surface area contributed by atoms with Gasteiger partial charge in [-0.25, -0.2) is 0 Å². The maximum absolute atomic E-state index is 2.39. The van der Waals surface area contributed by atoms with E-state index in [0.29, 0.717) is 0 Å². The smallest absolute Gasteiger partial charge is 0.125 e. The van der Waals surface area contributed by atoms with Crippen molar-refractivity contribution in [3.05, 3.63) is 82.6 Å². The Morgan fingerprint density at radius 3 is 1.18 bits per heavy atom. The lowest BCUT2D eigenvalue weighted by Gasteiger charge is -2.46. The van der Waals surface area contributed by atoms with E-state index >= 15 is 0 Å². The minimum Gasteiger partial charge on any atom is -0.143 e. The lowest BCUT2D eigenvalue weighted by molar-refractivity contribution is 0.790. The summed E-state index contributed by atoms with van der Waals surface area (Å²) in [7, 11) is 0. The molecule has 0 saturated carbocycles. The van der Waals surface area contributed by atoms with E-state index in [1.54, 1.807) is 0 Å². The number of hydrogen-bond donors (Lipinski definition) is 0. The zero-order valence-corrected chi connectivity index (χ0v) is 19.3. The molecule has 4 aromatic rings. The molecule has 1 aliphatic carbocycles. The largest absolute Gasteiger partial charge is 0.143 e. The Balaban J connectivity index is 1.55. The van der Waals surface area contributed by atoms with E-state index in [-0.39, 0.29) is 8.16 Å². The fraction of sp³-hybridized carbons (Fsp3) is 0.0909. The quantitative estimate of drug-likeness (QED) is 0.253. The van der Waals surface area contributed by atoms with Crippen molar-refractivity contribution in [2.75, 3.05) is 0 Å². The Hall–Kier alpha value is -0.760. The number of benzene rings is 2. The van der Waals surface area contributed by atoms with Gasteiger partial charge in [-0.2, -0.15) is 0 Å². The third-order valence-corrected chi connectivity index (χ3v) is 14.7. The number of thiophene rings is 2. The van der Waals surface area contributed by atoms with Crippen LogP contribution in [0.5, 0.6) is 0 Å². The van der Waals surface area contributed by atoms with Crippen LogP contribution in [0.4, 0.5) is 0 Å². The maximum atomic E-state index is 2.39. The van der Waals surface area contributed by atoms with Gasteiger partial charge >= 0.3 is 0 Å². The molecule has 2 aliphatic heterocycles. The van der Waals surface area contributed by atoms with Crippen LogP contribution >= 0.6 is 69.7 Å². The molecule has 6 heteroatoms. The molecule has 0 N–H and O–H groups in total. The van der Waals surface area contributed by atoms with Gasteiger partial charge in [0, 0.05) is 30.7 Å². The van der Waals surface area contributed by atoms with Gasteiger partial charge in [-0.1, -0.05) is 71.3 Å². The molecule has 2 aromatic heterocycles. The molecule has 2 spiro atoms. The zero-order chi connectivity index (χ0) is 18.3. The van der Waals surface area contributed by atoms with Crippen LogP contribution in [0.25, 0.3) is 9.75 Å². The molecule has 3 aliphatic rings. The first-order valence-electron chi connectivity index (χ1n) is 8.91. The van der Waals surface area contributed by atoms with Crippen LogP contribution in [-0.2, 0) is 8.16 Å². The van der Waals surface area contributed by atoms with Crippen molar-refractivity contribution in [2.24, 2.45) is 0 Å². The van der Waals surface area contributed by atoms with Crippen molar-refractivity contribution < 1.29 is 0 Å². The van der Waals surface area contributed by atoms with E-state index in [2.05, 4.69) is 118 Å². The molecule has 7 rings (SSSR count). The highest BCUT2D eigenvalue weighted by atomic mass is 32.2. The highest BCUT2D eigenvalue weighted by molar-refractivity contribution is 8.26. The summed E-state index contributed by atoms with van der Waals surface area (Å²) in [5, 5.41) is 4.58. The first kappa shape index (κ1) is 17.0. The van der Waals surface area contributed by atoms with Gasteiger partial charge in [-0.15, -0.1) is 22.7 Å². The highest BCUT2D eigenvalue weighted by Gasteiger charge is 2.65. The number of hydrogen-bond acceptors (Lipinski definition) is 6. The summed E-state index contributed by atoms with van der Waals surface area (Å²) < 4.78 is -0.122. The van der Waals surface area contributed by atoms with Crippen LogP contribution in [-0.4, -0.2) is 0 Å². The van der Waals surface area contributed by atoms with Gasteiger partial charge in [0.2, 0.25) is 0 Å². The summed E-state index contributed by atoms with van der Waals surface area (Å²) >= 11 is 12.1. The lowest BCUT2D eigenvalue weighted by atomic mass is 9.95. The summed E-state index contributed by atoms with van der Waals surface area (Å²) in [6.07, 6.45) is 0. The van der Waals surface area contributed by atoms with Gasteiger partial charge in [-0.3, -0.25) is 0 Å². The molecule has 0 radical (unpaired) electrons. The second-order valence-electron chi connectivity index (χ2n) is 6.86. The molecule has 0 bridgehead atoms. The SMILES string of the molecule is c1ccc2c(c1)SC1(S2)c2ccsc2-c2sccc2C12Sc1ccccc1S2. The van der Waals surface area contributed by atoms with E-state index in [9.17, 15) is 0 Å². The second-order valence-corrected chi connectivity index (χ2v) is 14.2. The average Bonchev–Trinajstić information content (AvgIpc) is 3.50. The molecule has 4 heterocycles. The fourth-order valence-electron chi connectivity index (χ4n) is 4.23. The van der Waals surface area contributed by atoms with Gasteiger partial charge in [0.1, 0.15) is 8.16 Å². The number of fused-ring (bicyclic) bond motifs is 8. The monoisotopic (exact) mass is 468 g/mol. The van der Waals surface area contributed by atoms with E-state index < -0.39 is 0 Å². The molecule has 136 valence electrons. The van der Waals surface area contributed by atoms with Crippen molar-refractivity contribution in [3.63, 3.8) is 0 Å². The summed E-state index contributed by atoms with van der Waals surface area (Å²) in [6.45, 7) is 0. The lowest BCUT2D eigenvalue weighted by Crippen LogP contribution is -2.39. The molecule has 0 saturated heterocycles. The van der Waals surface area contributed by atoms with Crippen molar-refractivity contribution in [1.29, 1.82) is 0 Å². The van der Waals surface area contributed by atoms with Crippen molar-refractivity contribution in [1.82, 2.24) is 0 Å². The number of rotatable bonds is 0. The standard InChI is InChI=1S/C22H12S6/c1-2-6-16-15(5-1)25-21(26-16)13-9-11-23-19(13)20-14(10-12-24-20)22(21)27-17-7-3-4-8-18(17)28-22/h1-12H. The first-order chi connectivity index (χ1) is 13.8. The van der Waals surface area contributed by atoms with E-state index in [4.69, 9.17) is 0 Å². The Morgan fingerprint density at radius 1 is 0.464 bits per heavy atom. The van der Waals surface area contributed by atoms with Crippen molar-refractivity contribution >= 4 is 69.7 Å². The minimum atomic E-state index is -0.0611. The first-order valence-corrected chi connectivity index (χ1v) is 13.9. The zero-order valence-electron chi connectivity index (χ0n) is 14.4. The van der Waals surface area contributed by atoms with Gasteiger partial charge in [0.25, 0.3) is 0 Å². The van der Waals surface area contributed by atoms with Crippen LogP contribution in [0.15, 0.2) is 91.0 Å². The van der Waals surface area contributed by atoms with Gasteiger partial charge < -0.3 is 0 Å². The Labute approximate surface area is 188 Å². The molecule has 2 aromatic carbocycles. The van der Waals surface area contributed by atoms with Crippen molar-refractivity contribution in [2.45, 2.75) is 27.7 Å². The van der Waals surface area contributed by atoms with Crippen molar-refractivity contribution in [3.8, 4) is 9.75 Å². The number of thioether (sulfide) groups is 4. The highest BCUT2D eigenvalue weighted by Crippen LogP contribution is 2.82. The average molecular weight is 469 g/mol. The van der Waals surface area contributed by atoms with Gasteiger partial charge in [-0.05, 0) is 47.2 Å². The Morgan fingerprint density at radius 2 is 0.821 bits per heavy atom. The molecule has 0 nitrogen and oxygen atoms in total. The van der Waals surface area contributed by atoms with E-state index in [1.807, 2.05) is 22.7 Å². The summed E-state index contributed by atoms with van der Waals surface area (Å²) in [5.74, 6) is 0. The maximum Gasteiger partial charge on any atom is 0.125 e. The van der Waals surface area contributed by atoms with Crippen LogP contribution < -0.4 is 0 Å². The minimum absolute atomic E-state index is 0.0611. The molecule has 0 fully saturated rings. The van der Waals surface area contributed by atoms with E-state index in [1.165, 1.54) is 40.5 Å².